The second-order valence-electron chi connectivity index (χ2n) is 8.37. The summed E-state index contributed by atoms with van der Waals surface area (Å²) < 4.78 is 11.4. The number of hydrogen-bond acceptors (Lipinski definition) is 7. The highest BCUT2D eigenvalue weighted by Crippen LogP contribution is 2.32. The molecule has 3 aromatic rings. The summed E-state index contributed by atoms with van der Waals surface area (Å²) in [5, 5.41) is 14.5. The Bertz CT molecular complexity index is 1020. The Hall–Kier alpha value is -2.45. The van der Waals surface area contributed by atoms with Crippen molar-refractivity contribution in [3.05, 3.63) is 65.2 Å². The maximum atomic E-state index is 11.0. The predicted octanol–water partition coefficient (Wildman–Crippen LogP) is 3.87. The maximum Gasteiger partial charge on any atom is 0.161 e. The molecule has 0 saturated carbocycles. The van der Waals surface area contributed by atoms with Gasteiger partial charge in [0.25, 0.3) is 0 Å². The standard InChI is InChI=1S/C25H29N3O3S/c29-25(24-9-8-23(32-24)20-5-1-2-10-26-20)27-19(17-28-11-3-4-12-28)15-18-6-7-21-22(16-18)31-14-13-30-21/h1-2,5-10,16,19,25,27,29H,3-4,11-15,17H2/t19-,25?/m0/s1. The van der Waals surface area contributed by atoms with Gasteiger partial charge in [-0.25, -0.2) is 0 Å². The van der Waals surface area contributed by atoms with Crippen LogP contribution in [0.4, 0.5) is 0 Å². The quantitative estimate of drug-likeness (QED) is 0.507. The van der Waals surface area contributed by atoms with Crippen molar-refractivity contribution in [3.63, 3.8) is 0 Å². The summed E-state index contributed by atoms with van der Waals surface area (Å²) in [4.78, 5) is 8.87. The van der Waals surface area contributed by atoms with Crippen molar-refractivity contribution in [1.82, 2.24) is 15.2 Å². The van der Waals surface area contributed by atoms with Gasteiger partial charge in [0.1, 0.15) is 19.4 Å². The van der Waals surface area contributed by atoms with E-state index < -0.39 is 6.23 Å². The molecule has 4 heterocycles. The molecule has 2 aliphatic heterocycles. The van der Waals surface area contributed by atoms with Crippen molar-refractivity contribution >= 4 is 11.3 Å². The zero-order valence-electron chi connectivity index (χ0n) is 18.1. The number of benzene rings is 1. The molecule has 7 heteroatoms. The Morgan fingerprint density at radius 2 is 1.88 bits per heavy atom. The summed E-state index contributed by atoms with van der Waals surface area (Å²) in [6, 6.07) is 16.2. The van der Waals surface area contributed by atoms with E-state index in [0.717, 1.165) is 53.0 Å². The van der Waals surface area contributed by atoms with Crippen LogP contribution in [0.15, 0.2) is 54.7 Å². The Morgan fingerprint density at radius 3 is 2.69 bits per heavy atom. The van der Waals surface area contributed by atoms with E-state index in [1.165, 1.54) is 18.4 Å². The van der Waals surface area contributed by atoms with E-state index >= 15 is 0 Å². The summed E-state index contributed by atoms with van der Waals surface area (Å²) >= 11 is 1.58. The van der Waals surface area contributed by atoms with Gasteiger partial charge in [0.2, 0.25) is 0 Å². The molecule has 0 spiro atoms. The highest BCUT2D eigenvalue weighted by Gasteiger charge is 2.22. The van der Waals surface area contributed by atoms with Gasteiger partial charge in [-0.15, -0.1) is 11.3 Å². The van der Waals surface area contributed by atoms with Crippen molar-refractivity contribution in [3.8, 4) is 22.1 Å². The van der Waals surface area contributed by atoms with Crippen molar-refractivity contribution in [2.24, 2.45) is 0 Å². The number of ether oxygens (including phenoxy) is 2. The molecule has 0 bridgehead atoms. The zero-order valence-corrected chi connectivity index (χ0v) is 18.9. The Balaban J connectivity index is 1.30. The third-order valence-electron chi connectivity index (χ3n) is 5.97. The number of pyridine rings is 1. The van der Waals surface area contributed by atoms with Crippen LogP contribution in [0.3, 0.4) is 0 Å². The summed E-state index contributed by atoms with van der Waals surface area (Å²) in [5.41, 5.74) is 2.11. The van der Waals surface area contributed by atoms with E-state index in [1.54, 1.807) is 17.5 Å². The van der Waals surface area contributed by atoms with Gasteiger partial charge in [-0.1, -0.05) is 12.1 Å². The fourth-order valence-electron chi connectivity index (χ4n) is 4.40. The predicted molar refractivity (Wildman–Crippen MR) is 126 cm³/mol. The monoisotopic (exact) mass is 451 g/mol. The first-order valence-electron chi connectivity index (χ1n) is 11.3. The summed E-state index contributed by atoms with van der Waals surface area (Å²) in [7, 11) is 0. The van der Waals surface area contributed by atoms with Crippen LogP contribution in [0.1, 0.15) is 29.5 Å². The van der Waals surface area contributed by atoms with Crippen LogP contribution in [0.25, 0.3) is 10.6 Å². The number of hydrogen-bond donors (Lipinski definition) is 2. The number of fused-ring (bicyclic) bond motifs is 1. The number of aliphatic hydroxyl groups is 1. The maximum absolute atomic E-state index is 11.0. The van der Waals surface area contributed by atoms with Crippen LogP contribution < -0.4 is 14.8 Å². The van der Waals surface area contributed by atoms with Gasteiger partial charge < -0.3 is 19.5 Å². The minimum absolute atomic E-state index is 0.117. The highest BCUT2D eigenvalue weighted by molar-refractivity contribution is 7.15. The normalized spacial score (nSPS) is 17.9. The number of thiophene rings is 1. The second-order valence-corrected chi connectivity index (χ2v) is 9.49. The minimum Gasteiger partial charge on any atom is -0.486 e. The van der Waals surface area contributed by atoms with E-state index in [-0.39, 0.29) is 6.04 Å². The summed E-state index contributed by atoms with van der Waals surface area (Å²) in [6.45, 7) is 4.33. The molecule has 0 radical (unpaired) electrons. The molecule has 1 aromatic carbocycles. The largest absolute Gasteiger partial charge is 0.486 e. The van der Waals surface area contributed by atoms with Gasteiger partial charge in [-0.3, -0.25) is 10.3 Å². The summed E-state index contributed by atoms with van der Waals surface area (Å²) in [6.07, 6.45) is 4.38. The molecule has 1 saturated heterocycles. The Morgan fingerprint density at radius 1 is 1.03 bits per heavy atom. The third kappa shape index (κ3) is 5.13. The van der Waals surface area contributed by atoms with Crippen LogP contribution in [0.2, 0.25) is 0 Å². The number of nitrogens with one attached hydrogen (secondary N) is 1. The zero-order chi connectivity index (χ0) is 21.8. The average Bonchev–Trinajstić information content (AvgIpc) is 3.52. The van der Waals surface area contributed by atoms with Gasteiger partial charge in [-0.05, 0) is 74.3 Å². The smallest absolute Gasteiger partial charge is 0.161 e. The Kier molecular flexibility index (Phi) is 6.69. The lowest BCUT2D eigenvalue weighted by Crippen LogP contribution is -2.43. The first kappa shape index (κ1) is 21.4. The molecule has 2 aromatic heterocycles. The molecule has 168 valence electrons. The molecule has 1 fully saturated rings. The molecule has 2 N–H and O–H groups in total. The van der Waals surface area contributed by atoms with Crippen molar-refractivity contribution < 1.29 is 14.6 Å². The van der Waals surface area contributed by atoms with Crippen LogP contribution in [0, 0.1) is 0 Å². The lowest BCUT2D eigenvalue weighted by atomic mass is 10.0. The fraction of sp³-hybridized carbons (Fsp3) is 0.400. The van der Waals surface area contributed by atoms with Gasteiger partial charge >= 0.3 is 0 Å². The van der Waals surface area contributed by atoms with Crippen molar-refractivity contribution in [1.29, 1.82) is 0 Å². The molecule has 0 aliphatic carbocycles. The fourth-order valence-corrected chi connectivity index (χ4v) is 5.33. The molecular formula is C25H29N3O3S. The van der Waals surface area contributed by atoms with Crippen molar-refractivity contribution in [2.45, 2.75) is 31.5 Å². The number of rotatable bonds is 8. The number of aliphatic hydroxyl groups excluding tert-OH is 1. The number of nitrogens with zero attached hydrogens (tertiary/aromatic N) is 2. The van der Waals surface area contributed by atoms with E-state index in [0.29, 0.717) is 13.2 Å². The number of aromatic nitrogens is 1. The summed E-state index contributed by atoms with van der Waals surface area (Å²) in [5.74, 6) is 1.62. The van der Waals surface area contributed by atoms with Crippen LogP contribution in [-0.2, 0) is 6.42 Å². The van der Waals surface area contributed by atoms with Gasteiger partial charge in [0.05, 0.1) is 10.6 Å². The second kappa shape index (κ2) is 10.0. The molecule has 6 nitrogen and oxygen atoms in total. The van der Waals surface area contributed by atoms with Crippen LogP contribution >= 0.6 is 11.3 Å². The molecule has 0 amide bonds. The first-order chi connectivity index (χ1) is 15.7. The third-order valence-corrected chi connectivity index (χ3v) is 7.13. The van der Waals surface area contributed by atoms with Gasteiger partial charge in [0.15, 0.2) is 11.5 Å². The van der Waals surface area contributed by atoms with E-state index in [4.69, 9.17) is 9.47 Å². The topological polar surface area (TPSA) is 66.8 Å². The van der Waals surface area contributed by atoms with Crippen LogP contribution in [0.5, 0.6) is 11.5 Å². The lowest BCUT2D eigenvalue weighted by molar-refractivity contribution is 0.116. The molecule has 32 heavy (non-hydrogen) atoms. The lowest BCUT2D eigenvalue weighted by Gasteiger charge is -2.27. The Labute approximate surface area is 192 Å². The van der Waals surface area contributed by atoms with E-state index in [9.17, 15) is 5.11 Å². The minimum atomic E-state index is -0.720. The van der Waals surface area contributed by atoms with E-state index in [1.807, 2.05) is 36.4 Å². The molecule has 1 unspecified atom stereocenters. The molecule has 5 rings (SSSR count). The molecule has 2 atom stereocenters. The molecular weight excluding hydrogens is 422 g/mol. The van der Waals surface area contributed by atoms with Crippen molar-refractivity contribution in [2.75, 3.05) is 32.8 Å². The highest BCUT2D eigenvalue weighted by atomic mass is 32.1. The molecule has 2 aliphatic rings. The van der Waals surface area contributed by atoms with Crippen LogP contribution in [-0.4, -0.2) is 53.9 Å². The van der Waals surface area contributed by atoms with E-state index in [2.05, 4.69) is 27.3 Å². The van der Waals surface area contributed by atoms with Gasteiger partial charge in [-0.2, -0.15) is 0 Å². The van der Waals surface area contributed by atoms with Gasteiger partial charge in [0, 0.05) is 23.7 Å². The first-order valence-corrected chi connectivity index (χ1v) is 12.1. The number of likely N-dealkylation sites (tertiary alicyclic amines) is 1. The average molecular weight is 452 g/mol. The SMILES string of the molecule is OC(N[C@@H](Cc1ccc2c(c1)OCCO2)CN1CCCC1)c1ccc(-c2ccccn2)s1.